The normalized spacial score (nSPS) is 11.8. The van der Waals surface area contributed by atoms with Gasteiger partial charge in [0, 0.05) is 5.56 Å². The van der Waals surface area contributed by atoms with E-state index in [1.165, 1.54) is 25.1 Å². The van der Waals surface area contributed by atoms with E-state index in [-0.39, 0.29) is 12.2 Å². The molecule has 0 amide bonds. The Bertz CT molecular complexity index is 556. The summed E-state index contributed by atoms with van der Waals surface area (Å²) in [6.07, 6.45) is -4.38. The van der Waals surface area contributed by atoms with Crippen LogP contribution in [0.15, 0.2) is 34.7 Å². The molecule has 1 N–H and O–H groups in total. The van der Waals surface area contributed by atoms with E-state index >= 15 is 0 Å². The standard InChI is InChI=1S/C13H11F3O2/c1-8-2-3-9(6-11(8)13(14,15)16)12-5-4-10(7-17)18-12/h2-6,17H,7H2,1H3. The molecular weight excluding hydrogens is 245 g/mol. The maximum atomic E-state index is 12.7. The number of aliphatic hydroxyl groups excluding tert-OH is 1. The van der Waals surface area contributed by atoms with Crippen molar-refractivity contribution in [3.05, 3.63) is 47.2 Å². The Kier molecular flexibility index (Phi) is 3.17. The molecule has 2 aromatic rings. The molecule has 0 atom stereocenters. The molecule has 0 aliphatic rings. The summed E-state index contributed by atoms with van der Waals surface area (Å²) in [5, 5.41) is 8.85. The summed E-state index contributed by atoms with van der Waals surface area (Å²) < 4.78 is 43.4. The predicted molar refractivity (Wildman–Crippen MR) is 59.8 cm³/mol. The van der Waals surface area contributed by atoms with Crippen LogP contribution in [0.3, 0.4) is 0 Å². The molecular formula is C13H11F3O2. The van der Waals surface area contributed by atoms with Gasteiger partial charge in [0.1, 0.15) is 18.1 Å². The fourth-order valence-electron chi connectivity index (χ4n) is 1.70. The molecule has 0 aliphatic carbocycles. The zero-order chi connectivity index (χ0) is 13.3. The first-order valence-corrected chi connectivity index (χ1v) is 5.29. The first-order valence-electron chi connectivity index (χ1n) is 5.29. The number of aryl methyl sites for hydroxylation is 1. The van der Waals surface area contributed by atoms with Gasteiger partial charge < -0.3 is 9.52 Å². The Hall–Kier alpha value is -1.75. The molecule has 96 valence electrons. The van der Waals surface area contributed by atoms with Gasteiger partial charge in [0.2, 0.25) is 0 Å². The lowest BCUT2D eigenvalue weighted by atomic mass is 10.0. The number of hydrogen-bond acceptors (Lipinski definition) is 2. The Morgan fingerprint density at radius 2 is 1.89 bits per heavy atom. The van der Waals surface area contributed by atoms with Gasteiger partial charge in [-0.3, -0.25) is 0 Å². The fraction of sp³-hybridized carbons (Fsp3) is 0.231. The largest absolute Gasteiger partial charge is 0.459 e. The molecule has 0 spiro atoms. The summed E-state index contributed by atoms with van der Waals surface area (Å²) >= 11 is 0. The van der Waals surface area contributed by atoms with Crippen molar-refractivity contribution in [1.82, 2.24) is 0 Å². The van der Waals surface area contributed by atoms with Crippen LogP contribution in [-0.4, -0.2) is 5.11 Å². The highest BCUT2D eigenvalue weighted by atomic mass is 19.4. The van der Waals surface area contributed by atoms with Gasteiger partial charge in [0.05, 0.1) is 5.56 Å². The number of aliphatic hydroxyl groups is 1. The van der Waals surface area contributed by atoms with Crippen LogP contribution in [0, 0.1) is 6.92 Å². The van der Waals surface area contributed by atoms with E-state index in [4.69, 9.17) is 9.52 Å². The number of halogens is 3. The van der Waals surface area contributed by atoms with Crippen LogP contribution >= 0.6 is 0 Å². The average Bonchev–Trinajstić information content (AvgIpc) is 2.76. The monoisotopic (exact) mass is 256 g/mol. The number of alkyl halides is 3. The van der Waals surface area contributed by atoms with Crippen molar-refractivity contribution in [1.29, 1.82) is 0 Å². The first-order chi connectivity index (χ1) is 8.41. The number of furan rings is 1. The van der Waals surface area contributed by atoms with Gasteiger partial charge in [-0.15, -0.1) is 0 Å². The van der Waals surface area contributed by atoms with Crippen molar-refractivity contribution >= 4 is 0 Å². The number of hydrogen-bond donors (Lipinski definition) is 1. The first kappa shape index (κ1) is 12.7. The van der Waals surface area contributed by atoms with E-state index in [0.29, 0.717) is 17.1 Å². The fourth-order valence-corrected chi connectivity index (χ4v) is 1.70. The van der Waals surface area contributed by atoms with Crippen LogP contribution in [0.2, 0.25) is 0 Å². The summed E-state index contributed by atoms with van der Waals surface area (Å²) in [7, 11) is 0. The zero-order valence-electron chi connectivity index (χ0n) is 9.58. The topological polar surface area (TPSA) is 33.4 Å². The molecule has 2 rings (SSSR count). The van der Waals surface area contributed by atoms with E-state index in [1.54, 1.807) is 6.07 Å². The summed E-state index contributed by atoms with van der Waals surface area (Å²) in [5.41, 5.74) is -0.172. The molecule has 1 aromatic heterocycles. The summed E-state index contributed by atoms with van der Waals surface area (Å²) in [6, 6.07) is 7.08. The van der Waals surface area contributed by atoms with E-state index in [9.17, 15) is 13.2 Å². The molecule has 0 radical (unpaired) electrons. The molecule has 2 nitrogen and oxygen atoms in total. The zero-order valence-corrected chi connectivity index (χ0v) is 9.58. The van der Waals surface area contributed by atoms with E-state index in [0.717, 1.165) is 6.07 Å². The van der Waals surface area contributed by atoms with E-state index in [1.807, 2.05) is 0 Å². The third kappa shape index (κ3) is 2.41. The quantitative estimate of drug-likeness (QED) is 0.887. The highest BCUT2D eigenvalue weighted by molar-refractivity contribution is 5.60. The molecule has 0 aliphatic heterocycles. The van der Waals surface area contributed by atoms with Gasteiger partial charge in [0.25, 0.3) is 0 Å². The Morgan fingerprint density at radius 3 is 2.44 bits per heavy atom. The van der Waals surface area contributed by atoms with Crippen molar-refractivity contribution in [2.75, 3.05) is 0 Å². The minimum Gasteiger partial charge on any atom is -0.459 e. The second kappa shape index (κ2) is 4.49. The molecule has 0 saturated carbocycles. The van der Waals surface area contributed by atoms with Crippen LogP contribution < -0.4 is 0 Å². The van der Waals surface area contributed by atoms with Gasteiger partial charge in [-0.05, 0) is 30.7 Å². The van der Waals surface area contributed by atoms with Gasteiger partial charge in [-0.1, -0.05) is 12.1 Å². The Morgan fingerprint density at radius 1 is 1.17 bits per heavy atom. The molecule has 18 heavy (non-hydrogen) atoms. The lowest BCUT2D eigenvalue weighted by Gasteiger charge is -2.11. The Balaban J connectivity index is 2.47. The van der Waals surface area contributed by atoms with Gasteiger partial charge in [0.15, 0.2) is 0 Å². The van der Waals surface area contributed by atoms with Crippen LogP contribution in [0.25, 0.3) is 11.3 Å². The maximum Gasteiger partial charge on any atom is 0.416 e. The highest BCUT2D eigenvalue weighted by Crippen LogP contribution is 2.35. The summed E-state index contributed by atoms with van der Waals surface area (Å²) in [5.74, 6) is 0.628. The molecule has 0 saturated heterocycles. The van der Waals surface area contributed by atoms with Gasteiger partial charge in [-0.2, -0.15) is 13.2 Å². The summed E-state index contributed by atoms with van der Waals surface area (Å²) in [6.45, 7) is 1.13. The third-order valence-electron chi connectivity index (χ3n) is 2.64. The van der Waals surface area contributed by atoms with Crippen molar-refractivity contribution in [3.8, 4) is 11.3 Å². The van der Waals surface area contributed by atoms with Crippen molar-refractivity contribution in [3.63, 3.8) is 0 Å². The van der Waals surface area contributed by atoms with Crippen LogP contribution in [-0.2, 0) is 12.8 Å². The second-order valence-corrected chi connectivity index (χ2v) is 3.95. The van der Waals surface area contributed by atoms with Crippen LogP contribution in [0.4, 0.5) is 13.2 Å². The van der Waals surface area contributed by atoms with E-state index in [2.05, 4.69) is 0 Å². The molecule has 0 unspecified atom stereocenters. The number of benzene rings is 1. The average molecular weight is 256 g/mol. The predicted octanol–water partition coefficient (Wildman–Crippen LogP) is 3.77. The smallest absolute Gasteiger partial charge is 0.416 e. The van der Waals surface area contributed by atoms with E-state index < -0.39 is 11.7 Å². The minimum absolute atomic E-state index is 0.167. The third-order valence-corrected chi connectivity index (χ3v) is 2.64. The highest BCUT2D eigenvalue weighted by Gasteiger charge is 2.32. The van der Waals surface area contributed by atoms with Crippen molar-refractivity contribution in [2.45, 2.75) is 19.7 Å². The number of rotatable bonds is 2. The van der Waals surface area contributed by atoms with Crippen LogP contribution in [0.1, 0.15) is 16.9 Å². The Labute approximate surface area is 102 Å². The van der Waals surface area contributed by atoms with Gasteiger partial charge in [-0.25, -0.2) is 0 Å². The molecule has 5 heteroatoms. The SMILES string of the molecule is Cc1ccc(-c2ccc(CO)o2)cc1C(F)(F)F. The molecule has 0 fully saturated rings. The lowest BCUT2D eigenvalue weighted by Crippen LogP contribution is -2.07. The van der Waals surface area contributed by atoms with Crippen molar-refractivity contribution < 1.29 is 22.7 Å². The van der Waals surface area contributed by atoms with Crippen LogP contribution in [0.5, 0.6) is 0 Å². The van der Waals surface area contributed by atoms with Crippen molar-refractivity contribution in [2.24, 2.45) is 0 Å². The lowest BCUT2D eigenvalue weighted by molar-refractivity contribution is -0.138. The minimum atomic E-state index is -4.38. The molecule has 1 aromatic carbocycles. The summed E-state index contributed by atoms with van der Waals surface area (Å²) in [4.78, 5) is 0. The molecule has 0 bridgehead atoms. The second-order valence-electron chi connectivity index (χ2n) is 3.95. The maximum absolute atomic E-state index is 12.7. The molecule has 1 heterocycles. The van der Waals surface area contributed by atoms with Gasteiger partial charge >= 0.3 is 6.18 Å².